The van der Waals surface area contributed by atoms with Crippen molar-refractivity contribution in [3.63, 3.8) is 0 Å². The molecule has 1 aromatic carbocycles. The van der Waals surface area contributed by atoms with Gasteiger partial charge in [0, 0.05) is 12.1 Å². The van der Waals surface area contributed by atoms with E-state index in [-0.39, 0.29) is 24.2 Å². The van der Waals surface area contributed by atoms with E-state index in [2.05, 4.69) is 5.32 Å². The van der Waals surface area contributed by atoms with Crippen molar-refractivity contribution in [2.75, 3.05) is 20.3 Å². The summed E-state index contributed by atoms with van der Waals surface area (Å²) >= 11 is 6.30. The number of carbonyl (C=O) groups is 1. The van der Waals surface area contributed by atoms with Crippen LogP contribution in [-0.2, 0) is 0 Å². The summed E-state index contributed by atoms with van der Waals surface area (Å²) in [6.07, 6.45) is 0. The number of amides is 1. The second-order valence-corrected chi connectivity index (χ2v) is 7.33. The number of ether oxygens (including phenoxy) is 2. The molecule has 0 heterocycles. The van der Waals surface area contributed by atoms with Crippen LogP contribution in [-0.4, -0.2) is 31.7 Å². The average molecular weight is 393 g/mol. The molecular formula is C18H30Cl2N2O3. The van der Waals surface area contributed by atoms with Crippen molar-refractivity contribution in [1.29, 1.82) is 0 Å². The van der Waals surface area contributed by atoms with Gasteiger partial charge in [-0.2, -0.15) is 0 Å². The van der Waals surface area contributed by atoms with E-state index in [1.165, 1.54) is 7.11 Å². The minimum Gasteiger partial charge on any atom is -0.493 e. The van der Waals surface area contributed by atoms with Gasteiger partial charge < -0.3 is 20.5 Å². The summed E-state index contributed by atoms with van der Waals surface area (Å²) in [7, 11) is 1.52. The molecule has 7 heteroatoms. The van der Waals surface area contributed by atoms with Gasteiger partial charge in [0.2, 0.25) is 0 Å². The van der Waals surface area contributed by atoms with E-state index < -0.39 is 5.54 Å². The first-order valence-electron chi connectivity index (χ1n) is 8.17. The van der Waals surface area contributed by atoms with Crippen LogP contribution in [0.15, 0.2) is 12.1 Å². The molecule has 0 aliphatic carbocycles. The Morgan fingerprint density at radius 1 is 1.32 bits per heavy atom. The molecule has 0 spiro atoms. The van der Waals surface area contributed by atoms with E-state index >= 15 is 0 Å². The van der Waals surface area contributed by atoms with Crippen LogP contribution in [0.5, 0.6) is 11.5 Å². The fraction of sp³-hybridized carbons (Fsp3) is 0.611. The molecule has 1 unspecified atom stereocenters. The van der Waals surface area contributed by atoms with Crippen molar-refractivity contribution in [2.45, 2.75) is 40.2 Å². The lowest BCUT2D eigenvalue weighted by atomic mass is 9.88. The number of nitrogens with one attached hydrogen (secondary N) is 1. The number of hydrogen-bond acceptors (Lipinski definition) is 4. The molecule has 0 saturated heterocycles. The number of nitrogens with two attached hydrogens (primary N) is 1. The van der Waals surface area contributed by atoms with E-state index in [1.54, 1.807) is 12.1 Å². The van der Waals surface area contributed by atoms with Crippen molar-refractivity contribution >= 4 is 29.9 Å². The summed E-state index contributed by atoms with van der Waals surface area (Å²) in [4.78, 5) is 12.6. The van der Waals surface area contributed by atoms with Crippen LogP contribution >= 0.6 is 24.0 Å². The minimum atomic E-state index is -0.496. The molecule has 0 bridgehead atoms. The highest BCUT2D eigenvalue weighted by atomic mass is 35.5. The van der Waals surface area contributed by atoms with Crippen LogP contribution in [0.25, 0.3) is 0 Å². The predicted molar refractivity (Wildman–Crippen MR) is 105 cm³/mol. The molecular weight excluding hydrogens is 363 g/mol. The first kappa shape index (κ1) is 23.8. The third-order valence-electron chi connectivity index (χ3n) is 4.15. The Morgan fingerprint density at radius 2 is 1.92 bits per heavy atom. The molecule has 1 aromatic rings. The van der Waals surface area contributed by atoms with Crippen LogP contribution in [0.4, 0.5) is 0 Å². The Balaban J connectivity index is 0.00000576. The van der Waals surface area contributed by atoms with Gasteiger partial charge in [-0.25, -0.2) is 0 Å². The number of halogens is 2. The van der Waals surface area contributed by atoms with Crippen molar-refractivity contribution in [1.82, 2.24) is 5.32 Å². The normalized spacial score (nSPS) is 13.2. The number of rotatable bonds is 8. The minimum absolute atomic E-state index is 0. The molecule has 0 aromatic heterocycles. The lowest BCUT2D eigenvalue weighted by molar-refractivity contribution is 0.0882. The molecule has 25 heavy (non-hydrogen) atoms. The standard InChI is InChI=1S/C18H29ClN2O3.ClH/c1-11(2)9-24-16-14(19)7-13(8-15(16)23-6)17(22)21-18(5,10-20)12(3)4;/h7-8,11-12H,9-10,20H2,1-6H3,(H,21,22);1H. The molecule has 0 radical (unpaired) electrons. The Kier molecular flexibility index (Phi) is 9.62. The zero-order valence-corrected chi connectivity index (χ0v) is 17.4. The molecule has 0 aliphatic heterocycles. The van der Waals surface area contributed by atoms with E-state index in [0.717, 1.165) is 0 Å². The maximum atomic E-state index is 12.6. The van der Waals surface area contributed by atoms with E-state index in [9.17, 15) is 4.79 Å². The highest BCUT2D eigenvalue weighted by molar-refractivity contribution is 6.32. The van der Waals surface area contributed by atoms with Crippen molar-refractivity contribution in [3.05, 3.63) is 22.7 Å². The fourth-order valence-electron chi connectivity index (χ4n) is 2.00. The monoisotopic (exact) mass is 392 g/mol. The highest BCUT2D eigenvalue weighted by Gasteiger charge is 2.29. The Bertz CT molecular complexity index is 580. The third-order valence-corrected chi connectivity index (χ3v) is 4.43. The second kappa shape index (κ2) is 10.1. The second-order valence-electron chi connectivity index (χ2n) is 6.92. The first-order valence-corrected chi connectivity index (χ1v) is 8.55. The van der Waals surface area contributed by atoms with Crippen LogP contribution < -0.4 is 20.5 Å². The third kappa shape index (κ3) is 6.24. The maximum absolute atomic E-state index is 12.6. The molecule has 1 atom stereocenters. The van der Waals surface area contributed by atoms with Crippen molar-refractivity contribution < 1.29 is 14.3 Å². The van der Waals surface area contributed by atoms with E-state index in [1.807, 2.05) is 34.6 Å². The van der Waals surface area contributed by atoms with Gasteiger partial charge >= 0.3 is 0 Å². The van der Waals surface area contributed by atoms with Crippen LogP contribution in [0.2, 0.25) is 5.02 Å². The Morgan fingerprint density at radius 3 is 2.36 bits per heavy atom. The number of hydrogen-bond donors (Lipinski definition) is 2. The summed E-state index contributed by atoms with van der Waals surface area (Å²) < 4.78 is 11.0. The number of carbonyl (C=O) groups excluding carboxylic acids is 1. The molecule has 0 saturated carbocycles. The van der Waals surface area contributed by atoms with Gasteiger partial charge in [-0.1, -0.05) is 39.3 Å². The number of benzene rings is 1. The molecule has 0 aliphatic rings. The van der Waals surface area contributed by atoms with Gasteiger partial charge in [0.1, 0.15) is 0 Å². The van der Waals surface area contributed by atoms with Gasteiger partial charge in [0.05, 0.1) is 24.3 Å². The number of methoxy groups -OCH3 is 1. The highest BCUT2D eigenvalue weighted by Crippen LogP contribution is 2.37. The molecule has 1 rings (SSSR count). The smallest absolute Gasteiger partial charge is 0.251 e. The van der Waals surface area contributed by atoms with Crippen LogP contribution in [0.3, 0.4) is 0 Å². The largest absolute Gasteiger partial charge is 0.493 e. The first-order chi connectivity index (χ1) is 11.1. The van der Waals surface area contributed by atoms with E-state index in [4.69, 9.17) is 26.8 Å². The zero-order chi connectivity index (χ0) is 18.5. The average Bonchev–Trinajstić information content (AvgIpc) is 2.52. The fourth-order valence-corrected chi connectivity index (χ4v) is 2.27. The van der Waals surface area contributed by atoms with Crippen molar-refractivity contribution in [2.24, 2.45) is 17.6 Å². The molecule has 0 fully saturated rings. The summed E-state index contributed by atoms with van der Waals surface area (Å²) in [5.41, 5.74) is 5.74. The lowest BCUT2D eigenvalue weighted by Gasteiger charge is -2.33. The molecule has 144 valence electrons. The van der Waals surface area contributed by atoms with Crippen molar-refractivity contribution in [3.8, 4) is 11.5 Å². The van der Waals surface area contributed by atoms with Gasteiger partial charge in [-0.15, -0.1) is 12.4 Å². The summed E-state index contributed by atoms with van der Waals surface area (Å²) in [6.45, 7) is 10.9. The Hall–Kier alpha value is -1.17. The molecule has 3 N–H and O–H groups in total. The predicted octanol–water partition coefficient (Wildman–Crippen LogP) is 3.91. The van der Waals surface area contributed by atoms with E-state index in [0.29, 0.717) is 41.2 Å². The summed E-state index contributed by atoms with van der Waals surface area (Å²) in [5.74, 6) is 1.19. The van der Waals surface area contributed by atoms with Gasteiger partial charge in [-0.3, -0.25) is 4.79 Å². The topological polar surface area (TPSA) is 73.6 Å². The van der Waals surface area contributed by atoms with Gasteiger partial charge in [0.25, 0.3) is 5.91 Å². The zero-order valence-electron chi connectivity index (χ0n) is 15.8. The summed E-state index contributed by atoms with van der Waals surface area (Å²) in [6, 6.07) is 3.22. The lowest BCUT2D eigenvalue weighted by Crippen LogP contribution is -2.55. The van der Waals surface area contributed by atoms with Gasteiger partial charge in [-0.05, 0) is 30.9 Å². The maximum Gasteiger partial charge on any atom is 0.251 e. The summed E-state index contributed by atoms with van der Waals surface area (Å²) in [5, 5.41) is 3.33. The SMILES string of the molecule is COc1cc(C(=O)NC(C)(CN)C(C)C)cc(Cl)c1OCC(C)C.Cl. The molecule has 5 nitrogen and oxygen atoms in total. The quantitative estimate of drug-likeness (QED) is 0.702. The van der Waals surface area contributed by atoms with Crippen LogP contribution in [0, 0.1) is 11.8 Å². The molecule has 1 amide bonds. The Labute approximate surface area is 162 Å². The van der Waals surface area contributed by atoms with Crippen LogP contribution in [0.1, 0.15) is 45.0 Å². The van der Waals surface area contributed by atoms with Gasteiger partial charge in [0.15, 0.2) is 11.5 Å².